The van der Waals surface area contributed by atoms with Gasteiger partial charge in [0.15, 0.2) is 0 Å². The van der Waals surface area contributed by atoms with E-state index >= 15 is 0 Å². The Bertz CT molecular complexity index is 780. The van der Waals surface area contributed by atoms with Crippen molar-refractivity contribution in [3.8, 4) is 0 Å². The summed E-state index contributed by atoms with van der Waals surface area (Å²) in [6, 6.07) is 5.10. The Morgan fingerprint density at radius 2 is 2.09 bits per heavy atom. The molecule has 0 saturated carbocycles. The number of benzene rings is 1. The molecule has 0 spiro atoms. The Morgan fingerprint density at radius 3 is 2.61 bits per heavy atom. The smallest absolute Gasteiger partial charge is 0.262 e. The molecule has 1 amide bonds. The summed E-state index contributed by atoms with van der Waals surface area (Å²) in [6.07, 6.45) is 0. The summed E-state index contributed by atoms with van der Waals surface area (Å²) in [7, 11) is 1.45. The number of hydrogen-bond acceptors (Lipinski definition) is 2. The summed E-state index contributed by atoms with van der Waals surface area (Å²) >= 11 is 6.05. The number of aryl methyl sites for hydroxylation is 2. The van der Waals surface area contributed by atoms with Crippen LogP contribution in [0.2, 0.25) is 5.02 Å². The van der Waals surface area contributed by atoms with E-state index in [4.69, 9.17) is 11.6 Å². The second kappa shape index (κ2) is 6.54. The van der Waals surface area contributed by atoms with Crippen LogP contribution in [0.25, 0.3) is 5.57 Å². The summed E-state index contributed by atoms with van der Waals surface area (Å²) in [5, 5.41) is 7.19. The SMILES string of the molecule is C=C(c1cc(Cl)ccc1NC(=O)c1c(C)nn(C)c1F)C(C)C. The summed E-state index contributed by atoms with van der Waals surface area (Å²) < 4.78 is 15.1. The zero-order valence-corrected chi connectivity index (χ0v) is 14.3. The lowest BCUT2D eigenvalue weighted by molar-refractivity contribution is 0.102. The van der Waals surface area contributed by atoms with Crippen molar-refractivity contribution >= 4 is 28.8 Å². The van der Waals surface area contributed by atoms with Gasteiger partial charge in [0, 0.05) is 23.3 Å². The quantitative estimate of drug-likeness (QED) is 0.897. The van der Waals surface area contributed by atoms with Gasteiger partial charge in [0.2, 0.25) is 5.95 Å². The fraction of sp³-hybridized carbons (Fsp3) is 0.294. The predicted molar refractivity (Wildman–Crippen MR) is 91.2 cm³/mol. The molecule has 6 heteroatoms. The molecule has 0 fully saturated rings. The molecular weight excluding hydrogens is 317 g/mol. The minimum absolute atomic E-state index is 0.0661. The van der Waals surface area contributed by atoms with Crippen molar-refractivity contribution < 1.29 is 9.18 Å². The van der Waals surface area contributed by atoms with Gasteiger partial charge >= 0.3 is 0 Å². The molecule has 0 aliphatic heterocycles. The molecule has 23 heavy (non-hydrogen) atoms. The maximum Gasteiger partial charge on any atom is 0.262 e. The molecule has 4 nitrogen and oxygen atoms in total. The maximum atomic E-state index is 14.0. The highest BCUT2D eigenvalue weighted by atomic mass is 35.5. The summed E-state index contributed by atoms with van der Waals surface area (Å²) in [4.78, 5) is 12.4. The van der Waals surface area contributed by atoms with Crippen LogP contribution in [0.15, 0.2) is 24.8 Å². The van der Waals surface area contributed by atoms with Gasteiger partial charge in [0.05, 0.1) is 5.69 Å². The van der Waals surface area contributed by atoms with Crippen molar-refractivity contribution in [2.24, 2.45) is 13.0 Å². The second-order valence-corrected chi connectivity index (χ2v) is 6.14. The molecule has 0 atom stereocenters. The van der Waals surface area contributed by atoms with Gasteiger partial charge in [-0.1, -0.05) is 32.0 Å². The number of allylic oxidation sites excluding steroid dienone is 1. The summed E-state index contributed by atoms with van der Waals surface area (Å²) in [6.45, 7) is 9.64. The third-order valence-corrected chi connectivity index (χ3v) is 3.89. The molecule has 1 N–H and O–H groups in total. The molecule has 0 aliphatic carbocycles. The Kier molecular flexibility index (Phi) is 4.90. The average molecular weight is 336 g/mol. The van der Waals surface area contributed by atoms with Crippen molar-refractivity contribution in [1.29, 1.82) is 0 Å². The first kappa shape index (κ1) is 17.2. The zero-order chi connectivity index (χ0) is 17.3. The first-order valence-corrected chi connectivity index (χ1v) is 7.59. The molecule has 0 bridgehead atoms. The van der Waals surface area contributed by atoms with E-state index < -0.39 is 11.9 Å². The van der Waals surface area contributed by atoms with Gasteiger partial charge in [-0.25, -0.2) is 4.68 Å². The van der Waals surface area contributed by atoms with E-state index in [0.717, 1.165) is 15.8 Å². The maximum absolute atomic E-state index is 14.0. The Hall–Kier alpha value is -2.14. The fourth-order valence-electron chi connectivity index (χ4n) is 2.27. The highest BCUT2D eigenvalue weighted by Crippen LogP contribution is 2.31. The van der Waals surface area contributed by atoms with E-state index in [9.17, 15) is 9.18 Å². The number of nitrogens with zero attached hydrogens (tertiary/aromatic N) is 2. The van der Waals surface area contributed by atoms with E-state index in [1.54, 1.807) is 25.1 Å². The third-order valence-electron chi connectivity index (χ3n) is 3.65. The number of nitrogens with one attached hydrogen (secondary N) is 1. The standard InChI is InChI=1S/C17H19ClFN3O/c1-9(2)10(3)13-8-12(18)6-7-14(13)20-17(23)15-11(4)21-22(5)16(15)19/h6-9H,3H2,1-2,4-5H3,(H,20,23). The Labute approximate surface area is 140 Å². The topological polar surface area (TPSA) is 46.9 Å². The average Bonchev–Trinajstić information content (AvgIpc) is 2.73. The highest BCUT2D eigenvalue weighted by molar-refractivity contribution is 6.31. The van der Waals surface area contributed by atoms with E-state index in [1.165, 1.54) is 7.05 Å². The molecule has 0 aliphatic rings. The lowest BCUT2D eigenvalue weighted by Gasteiger charge is -2.16. The summed E-state index contributed by atoms with van der Waals surface area (Å²) in [5.41, 5.74) is 2.39. The molecule has 1 aromatic heterocycles. The molecule has 1 aromatic carbocycles. The molecular formula is C17H19ClFN3O. The monoisotopic (exact) mass is 335 g/mol. The van der Waals surface area contributed by atoms with Crippen LogP contribution in [0.1, 0.15) is 35.5 Å². The van der Waals surface area contributed by atoms with Crippen LogP contribution in [0.5, 0.6) is 0 Å². The number of amides is 1. The van der Waals surface area contributed by atoms with Crippen LogP contribution < -0.4 is 5.32 Å². The number of carbonyl (C=O) groups excluding carboxylic acids is 1. The van der Waals surface area contributed by atoms with Gasteiger partial charge in [-0.2, -0.15) is 9.49 Å². The van der Waals surface area contributed by atoms with Crippen molar-refractivity contribution in [2.45, 2.75) is 20.8 Å². The lowest BCUT2D eigenvalue weighted by Crippen LogP contribution is -2.16. The number of rotatable bonds is 4. The lowest BCUT2D eigenvalue weighted by atomic mass is 9.95. The predicted octanol–water partition coefficient (Wildman–Crippen LogP) is 4.44. The number of aromatic nitrogens is 2. The Morgan fingerprint density at radius 1 is 1.43 bits per heavy atom. The number of carbonyl (C=O) groups is 1. The molecule has 0 unspecified atom stereocenters. The molecule has 0 radical (unpaired) electrons. The van der Waals surface area contributed by atoms with Crippen LogP contribution in [0.3, 0.4) is 0 Å². The van der Waals surface area contributed by atoms with Crippen molar-refractivity contribution in [1.82, 2.24) is 9.78 Å². The van der Waals surface area contributed by atoms with Gasteiger partial charge in [-0.05, 0) is 36.6 Å². The normalized spacial score (nSPS) is 10.9. The number of hydrogen-bond donors (Lipinski definition) is 1. The van der Waals surface area contributed by atoms with Gasteiger partial charge in [0.1, 0.15) is 5.56 Å². The van der Waals surface area contributed by atoms with Gasteiger partial charge in [-0.3, -0.25) is 4.79 Å². The minimum Gasteiger partial charge on any atom is -0.321 e. The molecule has 1 heterocycles. The summed E-state index contributed by atoms with van der Waals surface area (Å²) in [5.74, 6) is -1.03. The van der Waals surface area contributed by atoms with Crippen LogP contribution in [0, 0.1) is 18.8 Å². The van der Waals surface area contributed by atoms with Crippen molar-refractivity contribution in [3.63, 3.8) is 0 Å². The fourth-order valence-corrected chi connectivity index (χ4v) is 2.45. The van der Waals surface area contributed by atoms with E-state index in [2.05, 4.69) is 17.0 Å². The van der Waals surface area contributed by atoms with Crippen LogP contribution in [-0.4, -0.2) is 15.7 Å². The molecule has 2 rings (SSSR count). The van der Waals surface area contributed by atoms with Crippen LogP contribution >= 0.6 is 11.6 Å². The van der Waals surface area contributed by atoms with Crippen molar-refractivity contribution in [3.05, 3.63) is 52.6 Å². The highest BCUT2D eigenvalue weighted by Gasteiger charge is 2.22. The van der Waals surface area contributed by atoms with Gasteiger partial charge < -0.3 is 5.32 Å². The first-order valence-electron chi connectivity index (χ1n) is 7.21. The van der Waals surface area contributed by atoms with E-state index in [0.29, 0.717) is 16.4 Å². The number of anilines is 1. The third kappa shape index (κ3) is 3.45. The Balaban J connectivity index is 2.40. The largest absolute Gasteiger partial charge is 0.321 e. The van der Waals surface area contributed by atoms with Gasteiger partial charge in [-0.15, -0.1) is 0 Å². The van der Waals surface area contributed by atoms with E-state index in [1.807, 2.05) is 13.8 Å². The molecule has 2 aromatic rings. The zero-order valence-electron chi connectivity index (χ0n) is 13.6. The van der Waals surface area contributed by atoms with Crippen LogP contribution in [-0.2, 0) is 7.05 Å². The number of halogens is 2. The van der Waals surface area contributed by atoms with Gasteiger partial charge in [0.25, 0.3) is 5.91 Å². The molecule has 0 saturated heterocycles. The molecule has 122 valence electrons. The van der Waals surface area contributed by atoms with Crippen molar-refractivity contribution in [2.75, 3.05) is 5.32 Å². The van der Waals surface area contributed by atoms with Crippen LogP contribution in [0.4, 0.5) is 10.1 Å². The second-order valence-electron chi connectivity index (χ2n) is 5.70. The minimum atomic E-state index is -0.668. The first-order chi connectivity index (χ1) is 10.7. The van der Waals surface area contributed by atoms with E-state index in [-0.39, 0.29) is 11.5 Å².